The number of amidine groups is 1. The lowest BCUT2D eigenvalue weighted by atomic mass is 10.1. The van der Waals surface area contributed by atoms with Crippen LogP contribution in [-0.2, 0) is 17.8 Å². The molecular formula is C16H19N3O. The van der Waals surface area contributed by atoms with Gasteiger partial charge in [-0.2, -0.15) is 0 Å². The average Bonchev–Trinajstić information content (AvgIpc) is 2.48. The highest BCUT2D eigenvalue weighted by molar-refractivity contribution is 5.95. The normalized spacial score (nSPS) is 10.4. The highest BCUT2D eigenvalue weighted by atomic mass is 16.5. The second-order valence-corrected chi connectivity index (χ2v) is 4.63. The molecule has 0 fully saturated rings. The molecule has 0 aliphatic carbocycles. The van der Waals surface area contributed by atoms with E-state index in [0.29, 0.717) is 13.2 Å². The van der Waals surface area contributed by atoms with Crippen molar-refractivity contribution in [2.45, 2.75) is 19.4 Å². The number of aryl methyl sites for hydroxylation is 1. The third kappa shape index (κ3) is 4.48. The topological polar surface area (TPSA) is 72.0 Å². The van der Waals surface area contributed by atoms with Crippen LogP contribution in [0.15, 0.2) is 48.8 Å². The summed E-state index contributed by atoms with van der Waals surface area (Å²) in [4.78, 5) is 3.99. The summed E-state index contributed by atoms with van der Waals surface area (Å²) < 4.78 is 5.65. The first-order valence-corrected chi connectivity index (χ1v) is 6.65. The van der Waals surface area contributed by atoms with Crippen LogP contribution in [0.1, 0.15) is 23.1 Å². The maximum atomic E-state index is 7.40. The Hall–Kier alpha value is -2.20. The zero-order chi connectivity index (χ0) is 14.2. The Labute approximate surface area is 119 Å². The van der Waals surface area contributed by atoms with Crippen molar-refractivity contribution in [3.63, 3.8) is 0 Å². The van der Waals surface area contributed by atoms with Gasteiger partial charge in [-0.3, -0.25) is 10.4 Å². The second-order valence-electron chi connectivity index (χ2n) is 4.63. The Kier molecular flexibility index (Phi) is 5.26. The van der Waals surface area contributed by atoms with Crippen molar-refractivity contribution in [1.82, 2.24) is 4.98 Å². The Balaban J connectivity index is 1.71. The molecule has 1 heterocycles. The predicted octanol–water partition coefficient (Wildman–Crippen LogP) is 2.52. The minimum Gasteiger partial charge on any atom is -0.384 e. The van der Waals surface area contributed by atoms with Crippen LogP contribution in [0.3, 0.4) is 0 Å². The first kappa shape index (κ1) is 14.2. The quantitative estimate of drug-likeness (QED) is 0.461. The van der Waals surface area contributed by atoms with Crippen LogP contribution in [0.4, 0.5) is 0 Å². The largest absolute Gasteiger partial charge is 0.384 e. The van der Waals surface area contributed by atoms with E-state index in [4.69, 9.17) is 15.9 Å². The fourth-order valence-corrected chi connectivity index (χ4v) is 1.95. The van der Waals surface area contributed by atoms with E-state index < -0.39 is 0 Å². The molecule has 0 bridgehead atoms. The fraction of sp³-hybridized carbons (Fsp3) is 0.250. The summed E-state index contributed by atoms with van der Waals surface area (Å²) in [6, 6.07) is 11.6. The molecule has 0 aliphatic heterocycles. The van der Waals surface area contributed by atoms with Crippen LogP contribution < -0.4 is 5.73 Å². The third-order valence-corrected chi connectivity index (χ3v) is 3.01. The number of nitrogens with two attached hydrogens (primary N) is 1. The molecule has 4 nitrogen and oxygen atoms in total. The number of nitrogens with zero attached hydrogens (tertiary/aromatic N) is 1. The molecule has 2 aromatic rings. The number of aromatic nitrogens is 1. The van der Waals surface area contributed by atoms with Crippen LogP contribution in [0.5, 0.6) is 0 Å². The molecule has 3 N–H and O–H groups in total. The molecule has 0 saturated carbocycles. The molecule has 0 aliphatic rings. The Morgan fingerprint density at radius 3 is 2.70 bits per heavy atom. The molecule has 0 saturated heterocycles. The molecule has 0 spiro atoms. The summed E-state index contributed by atoms with van der Waals surface area (Å²) in [6.45, 7) is 1.27. The molecule has 1 aromatic carbocycles. The Morgan fingerprint density at radius 1 is 1.15 bits per heavy atom. The van der Waals surface area contributed by atoms with E-state index in [-0.39, 0.29) is 5.84 Å². The zero-order valence-electron chi connectivity index (χ0n) is 11.4. The van der Waals surface area contributed by atoms with Crippen LogP contribution in [0.2, 0.25) is 0 Å². The van der Waals surface area contributed by atoms with Crippen LogP contribution in [-0.4, -0.2) is 17.4 Å². The molecule has 0 unspecified atom stereocenters. The molecule has 0 amide bonds. The molecular weight excluding hydrogens is 250 g/mol. The number of nitrogens with one attached hydrogen (secondary N) is 1. The first-order valence-electron chi connectivity index (χ1n) is 6.65. The third-order valence-electron chi connectivity index (χ3n) is 3.01. The van der Waals surface area contributed by atoms with Crippen molar-refractivity contribution in [1.29, 1.82) is 5.41 Å². The number of benzene rings is 1. The van der Waals surface area contributed by atoms with Gasteiger partial charge in [0.1, 0.15) is 5.84 Å². The van der Waals surface area contributed by atoms with E-state index in [1.165, 1.54) is 5.56 Å². The van der Waals surface area contributed by atoms with Crippen molar-refractivity contribution in [3.05, 3.63) is 65.5 Å². The number of hydrogen-bond acceptors (Lipinski definition) is 3. The Bertz CT molecular complexity index is 555. The van der Waals surface area contributed by atoms with Crippen molar-refractivity contribution in [3.8, 4) is 0 Å². The lowest BCUT2D eigenvalue weighted by molar-refractivity contribution is 0.118. The summed E-state index contributed by atoms with van der Waals surface area (Å²) in [6.07, 6.45) is 5.60. The molecule has 2 rings (SSSR count). The molecule has 0 radical (unpaired) electrons. The maximum absolute atomic E-state index is 7.40. The van der Waals surface area contributed by atoms with Crippen molar-refractivity contribution in [2.75, 3.05) is 6.61 Å². The van der Waals surface area contributed by atoms with E-state index in [1.807, 2.05) is 48.8 Å². The average molecular weight is 269 g/mol. The van der Waals surface area contributed by atoms with Gasteiger partial charge < -0.3 is 10.5 Å². The first-order chi connectivity index (χ1) is 9.75. The molecule has 0 atom stereocenters. The minimum absolute atomic E-state index is 0.0875. The van der Waals surface area contributed by atoms with Gasteiger partial charge in [0.15, 0.2) is 0 Å². The molecule has 104 valence electrons. The van der Waals surface area contributed by atoms with Crippen LogP contribution in [0.25, 0.3) is 0 Å². The minimum atomic E-state index is 0.0875. The summed E-state index contributed by atoms with van der Waals surface area (Å²) in [7, 11) is 0. The van der Waals surface area contributed by atoms with Gasteiger partial charge in [-0.25, -0.2) is 0 Å². The molecule has 1 aromatic heterocycles. The summed E-state index contributed by atoms with van der Waals surface area (Å²) >= 11 is 0. The van der Waals surface area contributed by atoms with Gasteiger partial charge in [-0.15, -0.1) is 0 Å². The van der Waals surface area contributed by atoms with E-state index in [0.717, 1.165) is 24.0 Å². The van der Waals surface area contributed by atoms with Crippen LogP contribution >= 0.6 is 0 Å². The van der Waals surface area contributed by atoms with E-state index in [2.05, 4.69) is 4.98 Å². The highest BCUT2D eigenvalue weighted by Crippen LogP contribution is 2.07. The van der Waals surface area contributed by atoms with Gasteiger partial charge in [0, 0.05) is 24.6 Å². The zero-order valence-corrected chi connectivity index (χ0v) is 11.4. The number of hydrogen-bond donors (Lipinski definition) is 2. The summed E-state index contributed by atoms with van der Waals surface area (Å²) in [5.41, 5.74) is 8.52. The van der Waals surface area contributed by atoms with Crippen molar-refractivity contribution >= 4 is 5.84 Å². The van der Waals surface area contributed by atoms with E-state index >= 15 is 0 Å². The van der Waals surface area contributed by atoms with Gasteiger partial charge in [-0.1, -0.05) is 18.2 Å². The summed E-state index contributed by atoms with van der Waals surface area (Å²) in [5.74, 6) is 0.0875. The SMILES string of the molecule is N=C(N)c1cccc(COCCCc2ccncc2)c1. The van der Waals surface area contributed by atoms with Gasteiger partial charge in [-0.05, 0) is 42.2 Å². The van der Waals surface area contributed by atoms with Gasteiger partial charge in [0.25, 0.3) is 0 Å². The Morgan fingerprint density at radius 2 is 1.95 bits per heavy atom. The van der Waals surface area contributed by atoms with Gasteiger partial charge >= 0.3 is 0 Å². The predicted molar refractivity (Wildman–Crippen MR) is 79.7 cm³/mol. The van der Waals surface area contributed by atoms with E-state index in [9.17, 15) is 0 Å². The fourth-order valence-electron chi connectivity index (χ4n) is 1.95. The lowest BCUT2D eigenvalue weighted by Gasteiger charge is -2.06. The number of ether oxygens (including phenoxy) is 1. The van der Waals surface area contributed by atoms with E-state index in [1.54, 1.807) is 0 Å². The number of nitrogen functional groups attached to an aromatic ring is 1. The molecule has 4 heteroatoms. The maximum Gasteiger partial charge on any atom is 0.122 e. The van der Waals surface area contributed by atoms with Crippen LogP contribution in [0, 0.1) is 5.41 Å². The second kappa shape index (κ2) is 7.40. The van der Waals surface area contributed by atoms with Crippen molar-refractivity contribution < 1.29 is 4.74 Å². The smallest absolute Gasteiger partial charge is 0.122 e. The highest BCUT2D eigenvalue weighted by Gasteiger charge is 1.99. The monoisotopic (exact) mass is 269 g/mol. The lowest BCUT2D eigenvalue weighted by Crippen LogP contribution is -2.11. The van der Waals surface area contributed by atoms with Gasteiger partial charge in [0.05, 0.1) is 6.61 Å². The number of rotatable bonds is 7. The van der Waals surface area contributed by atoms with Crippen molar-refractivity contribution in [2.24, 2.45) is 5.73 Å². The molecule has 20 heavy (non-hydrogen) atoms. The number of pyridine rings is 1. The summed E-state index contributed by atoms with van der Waals surface area (Å²) in [5, 5.41) is 7.40. The van der Waals surface area contributed by atoms with Gasteiger partial charge in [0.2, 0.25) is 0 Å². The standard InChI is InChI=1S/C16H19N3O/c17-16(18)15-5-1-3-14(11-15)12-20-10-2-4-13-6-8-19-9-7-13/h1,3,5-9,11H,2,4,10,12H2,(H3,17,18).